The standard InChI is InChI=1S/C23H24F3NO7S/c1-14-8-10-17(11-9-14)35(30,31)27-19(15-6-5-7-16(12-15)32-2)13-18(23(24,25)26)20(21(28)33-3)22(29)34-4/h5-13,18,20,27H,1-4H3/b19-13+/t18-/m0/s1. The van der Waals surface area contributed by atoms with Gasteiger partial charge in [-0.25, -0.2) is 8.42 Å². The number of benzene rings is 2. The minimum Gasteiger partial charge on any atom is -0.497 e. The smallest absolute Gasteiger partial charge is 0.396 e. The molecular weight excluding hydrogens is 491 g/mol. The predicted octanol–water partition coefficient (Wildman–Crippen LogP) is 3.46. The van der Waals surface area contributed by atoms with Gasteiger partial charge in [-0.3, -0.25) is 14.3 Å². The van der Waals surface area contributed by atoms with Crippen molar-refractivity contribution in [1.82, 2.24) is 4.72 Å². The summed E-state index contributed by atoms with van der Waals surface area (Å²) < 4.78 is 84.4. The molecule has 0 unspecified atom stereocenters. The summed E-state index contributed by atoms with van der Waals surface area (Å²) in [5.74, 6) is -7.99. The van der Waals surface area contributed by atoms with Gasteiger partial charge in [0.25, 0.3) is 10.0 Å². The van der Waals surface area contributed by atoms with Gasteiger partial charge in [0.1, 0.15) is 5.75 Å². The number of esters is 2. The number of carbonyl (C=O) groups excluding carboxylic acids is 2. The quantitative estimate of drug-likeness (QED) is 0.403. The summed E-state index contributed by atoms with van der Waals surface area (Å²) in [4.78, 5) is 24.1. The van der Waals surface area contributed by atoms with Gasteiger partial charge in [-0.2, -0.15) is 13.2 Å². The van der Waals surface area contributed by atoms with Crippen molar-refractivity contribution in [2.24, 2.45) is 11.8 Å². The molecule has 0 radical (unpaired) electrons. The fourth-order valence-electron chi connectivity index (χ4n) is 3.10. The van der Waals surface area contributed by atoms with Crippen LogP contribution in [0.1, 0.15) is 11.1 Å². The van der Waals surface area contributed by atoms with Crippen LogP contribution in [-0.2, 0) is 29.1 Å². The van der Waals surface area contributed by atoms with Gasteiger partial charge in [0.2, 0.25) is 0 Å². The largest absolute Gasteiger partial charge is 0.497 e. The fourth-order valence-corrected chi connectivity index (χ4v) is 4.19. The number of sulfonamides is 1. The minimum absolute atomic E-state index is 0.0113. The molecule has 0 aromatic heterocycles. The highest BCUT2D eigenvalue weighted by Gasteiger charge is 2.51. The molecule has 0 aliphatic rings. The molecular formula is C23H24F3NO7S. The maximum atomic E-state index is 14.1. The van der Waals surface area contributed by atoms with Crippen molar-refractivity contribution in [2.75, 3.05) is 21.3 Å². The van der Waals surface area contributed by atoms with Gasteiger partial charge < -0.3 is 14.2 Å². The summed E-state index contributed by atoms with van der Waals surface area (Å²) in [6, 6.07) is 11.2. The van der Waals surface area contributed by atoms with E-state index < -0.39 is 45.7 Å². The van der Waals surface area contributed by atoms with Crippen LogP contribution in [0, 0.1) is 18.8 Å². The average Bonchev–Trinajstić information content (AvgIpc) is 2.82. The van der Waals surface area contributed by atoms with E-state index in [2.05, 4.69) is 14.2 Å². The zero-order chi connectivity index (χ0) is 26.4. The molecule has 0 aliphatic heterocycles. The van der Waals surface area contributed by atoms with Crippen LogP contribution in [0.2, 0.25) is 0 Å². The number of methoxy groups -OCH3 is 3. The van der Waals surface area contributed by atoms with Gasteiger partial charge in [0.05, 0.1) is 37.8 Å². The van der Waals surface area contributed by atoms with Crippen LogP contribution in [0.3, 0.4) is 0 Å². The van der Waals surface area contributed by atoms with Crippen LogP contribution < -0.4 is 9.46 Å². The first-order valence-corrected chi connectivity index (χ1v) is 11.5. The van der Waals surface area contributed by atoms with Gasteiger partial charge in [-0.05, 0) is 37.3 Å². The second-order valence-corrected chi connectivity index (χ2v) is 9.00. The Morgan fingerprint density at radius 3 is 2.03 bits per heavy atom. The van der Waals surface area contributed by atoms with Gasteiger partial charge >= 0.3 is 18.1 Å². The lowest BCUT2D eigenvalue weighted by Crippen LogP contribution is -2.40. The monoisotopic (exact) mass is 515 g/mol. The molecule has 2 aromatic carbocycles. The number of allylic oxidation sites excluding steroid dienone is 1. The van der Waals surface area contributed by atoms with E-state index in [1.165, 1.54) is 55.6 Å². The number of nitrogens with one attached hydrogen (secondary N) is 1. The first kappa shape index (κ1) is 27.7. The van der Waals surface area contributed by atoms with Crippen LogP contribution in [0.5, 0.6) is 5.75 Å². The van der Waals surface area contributed by atoms with Crippen LogP contribution in [0.15, 0.2) is 59.5 Å². The average molecular weight is 516 g/mol. The lowest BCUT2D eigenvalue weighted by atomic mass is 9.89. The van der Waals surface area contributed by atoms with E-state index in [0.717, 1.165) is 19.8 Å². The summed E-state index contributed by atoms with van der Waals surface area (Å²) in [5, 5.41) is 0. The van der Waals surface area contributed by atoms with Gasteiger partial charge in [0, 0.05) is 5.56 Å². The highest BCUT2D eigenvalue weighted by atomic mass is 32.2. The molecule has 35 heavy (non-hydrogen) atoms. The summed E-state index contributed by atoms with van der Waals surface area (Å²) >= 11 is 0. The van der Waals surface area contributed by atoms with Gasteiger partial charge in [0.15, 0.2) is 5.92 Å². The van der Waals surface area contributed by atoms with E-state index in [1.807, 2.05) is 0 Å². The Bertz CT molecular complexity index is 1180. The molecule has 0 aliphatic carbocycles. The lowest BCUT2D eigenvalue weighted by molar-refractivity contribution is -0.194. The maximum Gasteiger partial charge on any atom is 0.396 e. The second kappa shape index (κ2) is 11.3. The van der Waals surface area contributed by atoms with E-state index in [0.29, 0.717) is 6.08 Å². The number of aryl methyl sites for hydroxylation is 1. The van der Waals surface area contributed by atoms with Crippen LogP contribution in [-0.4, -0.2) is 47.9 Å². The molecule has 2 aromatic rings. The van der Waals surface area contributed by atoms with Crippen molar-refractivity contribution in [3.05, 3.63) is 65.7 Å². The fraction of sp³-hybridized carbons (Fsp3) is 0.304. The Labute approximate surface area is 200 Å². The summed E-state index contributed by atoms with van der Waals surface area (Å²) in [5.41, 5.74) is 0.219. The Hall–Kier alpha value is -3.54. The molecule has 8 nitrogen and oxygen atoms in total. The molecule has 0 saturated carbocycles. The van der Waals surface area contributed by atoms with Crippen molar-refractivity contribution < 1.29 is 45.4 Å². The van der Waals surface area contributed by atoms with E-state index in [9.17, 15) is 31.2 Å². The van der Waals surface area contributed by atoms with Crippen molar-refractivity contribution in [3.63, 3.8) is 0 Å². The molecule has 0 saturated heterocycles. The van der Waals surface area contributed by atoms with Crippen molar-refractivity contribution in [2.45, 2.75) is 18.0 Å². The van der Waals surface area contributed by atoms with E-state index >= 15 is 0 Å². The summed E-state index contributed by atoms with van der Waals surface area (Å²) in [6.45, 7) is 1.74. The van der Waals surface area contributed by atoms with Crippen molar-refractivity contribution in [3.8, 4) is 5.75 Å². The third-order valence-corrected chi connectivity index (χ3v) is 6.33. The molecule has 1 N–H and O–H groups in total. The van der Waals surface area contributed by atoms with Crippen molar-refractivity contribution in [1.29, 1.82) is 0 Å². The van der Waals surface area contributed by atoms with E-state index in [1.54, 1.807) is 6.92 Å². The molecule has 12 heteroatoms. The molecule has 0 spiro atoms. The Balaban J connectivity index is 2.74. The Morgan fingerprint density at radius 1 is 0.971 bits per heavy atom. The Kier molecular flexibility index (Phi) is 8.91. The molecule has 0 bridgehead atoms. The van der Waals surface area contributed by atoms with Crippen LogP contribution >= 0.6 is 0 Å². The normalized spacial score (nSPS) is 13.2. The van der Waals surface area contributed by atoms with E-state index in [4.69, 9.17) is 4.74 Å². The molecule has 1 atom stereocenters. The maximum absolute atomic E-state index is 14.1. The predicted molar refractivity (Wildman–Crippen MR) is 120 cm³/mol. The Morgan fingerprint density at radius 2 is 1.54 bits per heavy atom. The number of hydrogen-bond donors (Lipinski definition) is 1. The topological polar surface area (TPSA) is 108 Å². The van der Waals surface area contributed by atoms with E-state index in [-0.39, 0.29) is 16.2 Å². The summed E-state index contributed by atoms with van der Waals surface area (Å²) in [6.07, 6.45) is -4.72. The third-order valence-electron chi connectivity index (χ3n) is 4.95. The highest BCUT2D eigenvalue weighted by molar-refractivity contribution is 7.89. The summed E-state index contributed by atoms with van der Waals surface area (Å²) in [7, 11) is -1.41. The van der Waals surface area contributed by atoms with Gasteiger partial charge in [-0.1, -0.05) is 29.8 Å². The lowest BCUT2D eigenvalue weighted by Gasteiger charge is -2.24. The molecule has 2 rings (SSSR count). The van der Waals surface area contributed by atoms with Crippen molar-refractivity contribution >= 4 is 27.7 Å². The molecule has 0 amide bonds. The van der Waals surface area contributed by atoms with Crippen LogP contribution in [0.25, 0.3) is 5.70 Å². The van der Waals surface area contributed by atoms with Gasteiger partial charge in [-0.15, -0.1) is 0 Å². The minimum atomic E-state index is -5.16. The first-order valence-electron chi connectivity index (χ1n) is 10.0. The highest BCUT2D eigenvalue weighted by Crippen LogP contribution is 2.37. The molecule has 190 valence electrons. The number of rotatable bonds is 9. The molecule has 0 heterocycles. The number of halogens is 3. The van der Waals surface area contributed by atoms with Crippen LogP contribution in [0.4, 0.5) is 13.2 Å². The number of hydrogen-bond acceptors (Lipinski definition) is 7. The zero-order valence-electron chi connectivity index (χ0n) is 19.3. The second-order valence-electron chi connectivity index (χ2n) is 7.32. The molecule has 0 fully saturated rings. The number of carbonyl (C=O) groups is 2. The number of alkyl halides is 3. The first-order chi connectivity index (χ1) is 16.3. The third kappa shape index (κ3) is 6.98. The number of ether oxygens (including phenoxy) is 3. The zero-order valence-corrected chi connectivity index (χ0v) is 20.1. The SMILES string of the molecule is COC(=O)C(C(=O)OC)[C@H](/C=C(/NS(=O)(=O)c1ccc(C)cc1)c1cccc(OC)c1)C(F)(F)F.